The van der Waals surface area contributed by atoms with Crippen molar-refractivity contribution in [2.45, 2.75) is 34.2 Å². The first-order chi connectivity index (χ1) is 8.97. The van der Waals surface area contributed by atoms with E-state index in [1.807, 2.05) is 13.0 Å². The molecule has 19 heavy (non-hydrogen) atoms. The summed E-state index contributed by atoms with van der Waals surface area (Å²) in [6.07, 6.45) is 0. The minimum absolute atomic E-state index is 0.796. The molecule has 0 saturated carbocycles. The highest BCUT2D eigenvalue weighted by molar-refractivity contribution is 6.31. The van der Waals surface area contributed by atoms with Gasteiger partial charge in [0.25, 0.3) is 0 Å². The van der Waals surface area contributed by atoms with E-state index in [4.69, 9.17) is 11.6 Å². The summed E-state index contributed by atoms with van der Waals surface area (Å²) in [5.74, 6) is 0. The quantitative estimate of drug-likeness (QED) is 0.812. The minimum Gasteiger partial charge on any atom is -0.381 e. The molecule has 0 radical (unpaired) electrons. The van der Waals surface area contributed by atoms with E-state index in [-0.39, 0.29) is 0 Å². The molecule has 0 amide bonds. The van der Waals surface area contributed by atoms with Crippen molar-refractivity contribution in [1.82, 2.24) is 0 Å². The highest BCUT2D eigenvalue weighted by Crippen LogP contribution is 2.23. The summed E-state index contributed by atoms with van der Waals surface area (Å²) in [7, 11) is 0. The summed E-state index contributed by atoms with van der Waals surface area (Å²) in [4.78, 5) is 0. The Hall–Kier alpha value is -1.47. The average molecular weight is 274 g/mol. The van der Waals surface area contributed by atoms with Crippen molar-refractivity contribution in [2.75, 3.05) is 5.32 Å². The zero-order valence-corrected chi connectivity index (χ0v) is 12.7. The van der Waals surface area contributed by atoms with E-state index in [2.05, 4.69) is 50.4 Å². The normalized spacial score (nSPS) is 10.6. The first kappa shape index (κ1) is 14.0. The summed E-state index contributed by atoms with van der Waals surface area (Å²) in [6, 6.07) is 10.6. The second kappa shape index (κ2) is 5.66. The van der Waals surface area contributed by atoms with Crippen LogP contribution in [0.2, 0.25) is 5.02 Å². The van der Waals surface area contributed by atoms with Crippen molar-refractivity contribution in [3.05, 3.63) is 63.2 Å². The lowest BCUT2D eigenvalue weighted by atomic mass is 10.0. The van der Waals surface area contributed by atoms with Gasteiger partial charge in [0, 0.05) is 17.3 Å². The van der Waals surface area contributed by atoms with Crippen molar-refractivity contribution in [3.8, 4) is 0 Å². The fourth-order valence-electron chi connectivity index (χ4n) is 2.40. The Balaban J connectivity index is 2.16. The first-order valence-electron chi connectivity index (χ1n) is 6.54. The predicted molar refractivity (Wildman–Crippen MR) is 84.2 cm³/mol. The van der Waals surface area contributed by atoms with Crippen molar-refractivity contribution in [1.29, 1.82) is 0 Å². The molecule has 0 aliphatic carbocycles. The van der Waals surface area contributed by atoms with Gasteiger partial charge < -0.3 is 5.32 Å². The van der Waals surface area contributed by atoms with E-state index >= 15 is 0 Å². The molecule has 2 rings (SSSR count). The van der Waals surface area contributed by atoms with Crippen molar-refractivity contribution < 1.29 is 0 Å². The van der Waals surface area contributed by atoms with E-state index in [0.717, 1.165) is 17.1 Å². The number of hydrogen-bond acceptors (Lipinski definition) is 1. The molecule has 0 saturated heterocycles. The SMILES string of the molecule is Cc1cc(C)c(NCc2ccc(C)c(Cl)c2)c(C)c1. The standard InChI is InChI=1S/C17H20ClN/c1-11-7-13(3)17(14(4)8-11)19-10-15-6-5-12(2)16(18)9-15/h5-9,19H,10H2,1-4H3. The van der Waals surface area contributed by atoms with Gasteiger partial charge in [-0.2, -0.15) is 0 Å². The highest BCUT2D eigenvalue weighted by atomic mass is 35.5. The molecule has 0 fully saturated rings. The molecule has 0 unspecified atom stereocenters. The molecular weight excluding hydrogens is 254 g/mol. The zero-order valence-electron chi connectivity index (χ0n) is 12.0. The number of halogens is 1. The Morgan fingerprint density at radius 3 is 2.11 bits per heavy atom. The Labute approximate surface area is 120 Å². The van der Waals surface area contributed by atoms with Gasteiger partial charge in [-0.3, -0.25) is 0 Å². The third-order valence-electron chi connectivity index (χ3n) is 3.38. The molecular formula is C17H20ClN. The molecule has 0 aliphatic rings. The van der Waals surface area contributed by atoms with Crippen LogP contribution < -0.4 is 5.32 Å². The molecule has 1 N–H and O–H groups in total. The van der Waals surface area contributed by atoms with Gasteiger partial charge in [0.05, 0.1) is 0 Å². The highest BCUT2D eigenvalue weighted by Gasteiger charge is 2.04. The summed E-state index contributed by atoms with van der Waals surface area (Å²) < 4.78 is 0. The first-order valence-corrected chi connectivity index (χ1v) is 6.92. The average Bonchev–Trinajstić information content (AvgIpc) is 2.32. The Morgan fingerprint density at radius 1 is 0.895 bits per heavy atom. The van der Waals surface area contributed by atoms with Gasteiger partial charge in [-0.05, 0) is 56.0 Å². The molecule has 0 atom stereocenters. The van der Waals surface area contributed by atoms with Crippen molar-refractivity contribution in [3.63, 3.8) is 0 Å². The van der Waals surface area contributed by atoms with Crippen LogP contribution in [0.5, 0.6) is 0 Å². The lowest BCUT2D eigenvalue weighted by Gasteiger charge is -2.14. The van der Waals surface area contributed by atoms with Crippen molar-refractivity contribution in [2.24, 2.45) is 0 Å². The molecule has 1 nitrogen and oxygen atoms in total. The van der Waals surface area contributed by atoms with Gasteiger partial charge in [-0.25, -0.2) is 0 Å². The Kier molecular flexibility index (Phi) is 4.16. The van der Waals surface area contributed by atoms with Crippen LogP contribution in [0.4, 0.5) is 5.69 Å². The van der Waals surface area contributed by atoms with Crippen LogP contribution in [0.3, 0.4) is 0 Å². The maximum atomic E-state index is 6.15. The molecule has 2 aromatic carbocycles. The van der Waals surface area contributed by atoms with Gasteiger partial charge >= 0.3 is 0 Å². The van der Waals surface area contributed by atoms with Crippen LogP contribution in [-0.2, 0) is 6.54 Å². The van der Waals surface area contributed by atoms with E-state index in [1.165, 1.54) is 27.9 Å². The number of nitrogens with one attached hydrogen (secondary N) is 1. The molecule has 0 aromatic heterocycles. The van der Waals surface area contributed by atoms with Gasteiger partial charge in [0.15, 0.2) is 0 Å². The molecule has 100 valence electrons. The zero-order chi connectivity index (χ0) is 14.0. The minimum atomic E-state index is 0.796. The predicted octanol–water partition coefficient (Wildman–Crippen LogP) is 5.19. The number of rotatable bonds is 3. The van der Waals surface area contributed by atoms with Crippen LogP contribution >= 0.6 is 11.6 Å². The van der Waals surface area contributed by atoms with Crippen LogP contribution in [0.1, 0.15) is 27.8 Å². The van der Waals surface area contributed by atoms with Crippen molar-refractivity contribution >= 4 is 17.3 Å². The second-order valence-corrected chi connectivity index (χ2v) is 5.62. The van der Waals surface area contributed by atoms with E-state index in [1.54, 1.807) is 0 Å². The van der Waals surface area contributed by atoms with E-state index < -0.39 is 0 Å². The van der Waals surface area contributed by atoms with Crippen LogP contribution in [-0.4, -0.2) is 0 Å². The van der Waals surface area contributed by atoms with E-state index in [0.29, 0.717) is 0 Å². The topological polar surface area (TPSA) is 12.0 Å². The lowest BCUT2D eigenvalue weighted by molar-refractivity contribution is 1.12. The summed E-state index contributed by atoms with van der Waals surface area (Å²) >= 11 is 6.15. The third-order valence-corrected chi connectivity index (χ3v) is 3.79. The monoisotopic (exact) mass is 273 g/mol. The maximum Gasteiger partial charge on any atom is 0.0438 e. The van der Waals surface area contributed by atoms with Gasteiger partial charge in [-0.1, -0.05) is 41.4 Å². The van der Waals surface area contributed by atoms with E-state index in [9.17, 15) is 0 Å². The van der Waals surface area contributed by atoms with Gasteiger partial charge in [0.1, 0.15) is 0 Å². The fraction of sp³-hybridized carbons (Fsp3) is 0.294. The Bertz CT molecular complexity index is 579. The maximum absolute atomic E-state index is 6.15. The summed E-state index contributed by atoms with van der Waals surface area (Å²) in [6.45, 7) is 9.23. The number of aryl methyl sites for hydroxylation is 4. The summed E-state index contributed by atoms with van der Waals surface area (Å²) in [5.41, 5.74) is 7.43. The molecule has 2 aromatic rings. The third kappa shape index (κ3) is 3.30. The number of benzene rings is 2. The van der Waals surface area contributed by atoms with Crippen LogP contribution in [0, 0.1) is 27.7 Å². The molecule has 0 spiro atoms. The Morgan fingerprint density at radius 2 is 1.53 bits per heavy atom. The fourth-order valence-corrected chi connectivity index (χ4v) is 2.60. The summed E-state index contributed by atoms with van der Waals surface area (Å²) in [5, 5.41) is 4.34. The van der Waals surface area contributed by atoms with Gasteiger partial charge in [0.2, 0.25) is 0 Å². The van der Waals surface area contributed by atoms with Gasteiger partial charge in [-0.15, -0.1) is 0 Å². The second-order valence-electron chi connectivity index (χ2n) is 5.21. The molecule has 2 heteroatoms. The van der Waals surface area contributed by atoms with Crippen LogP contribution in [0.15, 0.2) is 30.3 Å². The number of anilines is 1. The largest absolute Gasteiger partial charge is 0.381 e. The molecule has 0 bridgehead atoms. The number of hydrogen-bond donors (Lipinski definition) is 1. The smallest absolute Gasteiger partial charge is 0.0438 e. The van der Waals surface area contributed by atoms with Crippen LogP contribution in [0.25, 0.3) is 0 Å². The molecule has 0 heterocycles. The lowest BCUT2D eigenvalue weighted by Crippen LogP contribution is -2.03. The molecule has 0 aliphatic heterocycles.